The van der Waals surface area contributed by atoms with Gasteiger partial charge in [-0.1, -0.05) is 6.07 Å². The molecule has 2 aromatic heterocycles. The lowest BCUT2D eigenvalue weighted by Crippen LogP contribution is -2.11. The number of carbonyl (C=O) groups is 2. The largest absolute Gasteiger partial charge is 0.457 e. The van der Waals surface area contributed by atoms with Gasteiger partial charge in [0, 0.05) is 24.8 Å². The van der Waals surface area contributed by atoms with Crippen LogP contribution in [0.3, 0.4) is 0 Å². The number of aromatic nitrogens is 2. The monoisotopic (exact) mass is 390 g/mol. The number of carbonyl (C=O) groups excluding carboxylic acids is 2. The SMILES string of the molecule is Cc1cc(C)c(COC(=O)c2ccncc2)c(C)c1COC(=O)c1ccncc1. The normalized spacial score (nSPS) is 10.4. The van der Waals surface area contributed by atoms with Crippen molar-refractivity contribution >= 4 is 11.9 Å². The molecular weight excluding hydrogens is 368 g/mol. The highest BCUT2D eigenvalue weighted by Crippen LogP contribution is 2.24. The fourth-order valence-electron chi connectivity index (χ4n) is 3.13. The van der Waals surface area contributed by atoms with Crippen LogP contribution >= 0.6 is 0 Å². The Morgan fingerprint density at radius 1 is 0.724 bits per heavy atom. The molecule has 0 N–H and O–H groups in total. The summed E-state index contributed by atoms with van der Waals surface area (Å²) >= 11 is 0. The number of benzene rings is 1. The number of hydrogen-bond acceptors (Lipinski definition) is 6. The Morgan fingerprint density at radius 3 is 1.48 bits per heavy atom. The molecular formula is C23H22N2O4. The predicted octanol–water partition coefficient (Wildman–Crippen LogP) is 4.12. The van der Waals surface area contributed by atoms with Gasteiger partial charge in [-0.25, -0.2) is 9.59 Å². The van der Waals surface area contributed by atoms with E-state index in [2.05, 4.69) is 9.97 Å². The van der Waals surface area contributed by atoms with Gasteiger partial charge in [0.25, 0.3) is 0 Å². The lowest BCUT2D eigenvalue weighted by molar-refractivity contribution is 0.0471. The van der Waals surface area contributed by atoms with Crippen molar-refractivity contribution in [3.05, 3.63) is 94.1 Å². The molecule has 1 aromatic carbocycles. The zero-order valence-electron chi connectivity index (χ0n) is 16.6. The van der Waals surface area contributed by atoms with Gasteiger partial charge in [-0.3, -0.25) is 9.97 Å². The maximum atomic E-state index is 12.2. The fraction of sp³-hybridized carbons (Fsp3) is 0.217. The molecule has 0 fully saturated rings. The van der Waals surface area contributed by atoms with Gasteiger partial charge < -0.3 is 9.47 Å². The van der Waals surface area contributed by atoms with E-state index >= 15 is 0 Å². The molecule has 0 aliphatic carbocycles. The number of nitrogens with zero attached hydrogens (tertiary/aromatic N) is 2. The van der Waals surface area contributed by atoms with Crippen molar-refractivity contribution in [1.82, 2.24) is 9.97 Å². The van der Waals surface area contributed by atoms with E-state index in [0.717, 1.165) is 27.8 Å². The zero-order valence-corrected chi connectivity index (χ0v) is 16.6. The van der Waals surface area contributed by atoms with Gasteiger partial charge >= 0.3 is 11.9 Å². The minimum Gasteiger partial charge on any atom is -0.457 e. The molecule has 3 aromatic rings. The van der Waals surface area contributed by atoms with Crippen LogP contribution in [-0.2, 0) is 22.7 Å². The predicted molar refractivity (Wildman–Crippen MR) is 107 cm³/mol. The highest BCUT2D eigenvalue weighted by atomic mass is 16.5. The van der Waals surface area contributed by atoms with Gasteiger partial charge in [0.1, 0.15) is 13.2 Å². The number of rotatable bonds is 6. The van der Waals surface area contributed by atoms with E-state index in [4.69, 9.17) is 9.47 Å². The van der Waals surface area contributed by atoms with Crippen molar-refractivity contribution in [3.8, 4) is 0 Å². The molecule has 0 bridgehead atoms. The molecule has 6 heteroatoms. The second-order valence-electron chi connectivity index (χ2n) is 6.72. The first-order valence-corrected chi connectivity index (χ1v) is 9.20. The van der Waals surface area contributed by atoms with E-state index in [9.17, 15) is 9.59 Å². The average molecular weight is 390 g/mol. The maximum absolute atomic E-state index is 12.2. The fourth-order valence-corrected chi connectivity index (χ4v) is 3.13. The van der Waals surface area contributed by atoms with Crippen molar-refractivity contribution in [2.45, 2.75) is 34.0 Å². The first kappa shape index (κ1) is 20.2. The molecule has 0 atom stereocenters. The van der Waals surface area contributed by atoms with Crippen LogP contribution in [0.2, 0.25) is 0 Å². The van der Waals surface area contributed by atoms with E-state index in [1.165, 1.54) is 0 Å². The summed E-state index contributed by atoms with van der Waals surface area (Å²) in [5.41, 5.74) is 5.72. The smallest absolute Gasteiger partial charge is 0.338 e. The van der Waals surface area contributed by atoms with E-state index in [1.807, 2.05) is 26.8 Å². The van der Waals surface area contributed by atoms with Crippen LogP contribution in [-0.4, -0.2) is 21.9 Å². The molecule has 0 radical (unpaired) electrons. The third-order valence-electron chi connectivity index (χ3n) is 4.82. The lowest BCUT2D eigenvalue weighted by Gasteiger charge is -2.17. The van der Waals surface area contributed by atoms with Crippen molar-refractivity contribution in [3.63, 3.8) is 0 Å². The lowest BCUT2D eigenvalue weighted by atomic mass is 9.94. The summed E-state index contributed by atoms with van der Waals surface area (Å²) in [5, 5.41) is 0. The number of pyridine rings is 2. The van der Waals surface area contributed by atoms with Gasteiger partial charge in [-0.2, -0.15) is 0 Å². The Morgan fingerprint density at radius 2 is 1.10 bits per heavy atom. The molecule has 0 aliphatic heterocycles. The summed E-state index contributed by atoms with van der Waals surface area (Å²) in [7, 11) is 0. The Bertz CT molecular complexity index is 938. The summed E-state index contributed by atoms with van der Waals surface area (Å²) in [6.45, 7) is 6.19. The standard InChI is InChI=1S/C23H22N2O4/c1-15-12-16(2)21(14-29-23(27)19-6-10-25-11-7-19)17(3)20(15)13-28-22(26)18-4-8-24-9-5-18/h4-12H,13-14H2,1-3H3. The van der Waals surface area contributed by atoms with Gasteiger partial charge in [0.05, 0.1) is 11.1 Å². The minimum absolute atomic E-state index is 0.143. The number of hydrogen-bond donors (Lipinski definition) is 0. The zero-order chi connectivity index (χ0) is 20.8. The topological polar surface area (TPSA) is 78.4 Å². The Hall–Kier alpha value is -3.54. The molecule has 2 heterocycles. The quantitative estimate of drug-likeness (QED) is 0.589. The van der Waals surface area contributed by atoms with Gasteiger partial charge in [0.2, 0.25) is 0 Å². The molecule has 0 unspecified atom stereocenters. The van der Waals surface area contributed by atoms with E-state index in [-0.39, 0.29) is 13.2 Å². The van der Waals surface area contributed by atoms with Gasteiger partial charge in [-0.15, -0.1) is 0 Å². The summed E-state index contributed by atoms with van der Waals surface area (Å²) < 4.78 is 11.0. The van der Waals surface area contributed by atoms with Crippen LogP contribution in [0.15, 0.2) is 55.1 Å². The number of esters is 2. The molecule has 0 spiro atoms. The molecule has 0 saturated heterocycles. The molecule has 148 valence electrons. The van der Waals surface area contributed by atoms with Gasteiger partial charge in [0.15, 0.2) is 0 Å². The molecule has 0 saturated carbocycles. The highest BCUT2D eigenvalue weighted by molar-refractivity contribution is 5.89. The molecule has 0 aliphatic rings. The van der Waals surface area contributed by atoms with Crippen molar-refractivity contribution in [2.24, 2.45) is 0 Å². The van der Waals surface area contributed by atoms with E-state index < -0.39 is 11.9 Å². The third-order valence-corrected chi connectivity index (χ3v) is 4.82. The van der Waals surface area contributed by atoms with E-state index in [0.29, 0.717) is 11.1 Å². The van der Waals surface area contributed by atoms with Crippen LogP contribution < -0.4 is 0 Å². The highest BCUT2D eigenvalue weighted by Gasteiger charge is 2.16. The first-order chi connectivity index (χ1) is 14.0. The summed E-state index contributed by atoms with van der Waals surface area (Å²) in [6, 6.07) is 8.46. The van der Waals surface area contributed by atoms with Crippen LogP contribution in [0.4, 0.5) is 0 Å². The average Bonchev–Trinajstić information content (AvgIpc) is 2.74. The second-order valence-corrected chi connectivity index (χ2v) is 6.72. The summed E-state index contributed by atoms with van der Waals surface area (Å²) in [4.78, 5) is 32.3. The minimum atomic E-state index is -0.405. The molecule has 6 nitrogen and oxygen atoms in total. The van der Waals surface area contributed by atoms with Crippen LogP contribution in [0.5, 0.6) is 0 Å². The van der Waals surface area contributed by atoms with Crippen LogP contribution in [0.1, 0.15) is 48.5 Å². The molecule has 0 amide bonds. The Balaban J connectivity index is 1.74. The maximum Gasteiger partial charge on any atom is 0.338 e. The number of ether oxygens (including phenoxy) is 2. The summed E-state index contributed by atoms with van der Waals surface area (Å²) in [5.74, 6) is -0.810. The summed E-state index contributed by atoms with van der Waals surface area (Å²) in [6.07, 6.45) is 6.20. The Labute approximate surface area is 169 Å². The van der Waals surface area contributed by atoms with Crippen molar-refractivity contribution < 1.29 is 19.1 Å². The van der Waals surface area contributed by atoms with Crippen LogP contribution in [0.25, 0.3) is 0 Å². The second kappa shape index (κ2) is 9.10. The molecule has 29 heavy (non-hydrogen) atoms. The van der Waals surface area contributed by atoms with Crippen LogP contribution in [0, 0.1) is 20.8 Å². The Kier molecular flexibility index (Phi) is 6.34. The number of aryl methyl sites for hydroxylation is 2. The van der Waals surface area contributed by atoms with Crippen molar-refractivity contribution in [2.75, 3.05) is 0 Å². The first-order valence-electron chi connectivity index (χ1n) is 9.20. The third kappa shape index (κ3) is 4.85. The molecule has 3 rings (SSSR count). The van der Waals surface area contributed by atoms with Gasteiger partial charge in [-0.05, 0) is 72.9 Å². The van der Waals surface area contributed by atoms with E-state index in [1.54, 1.807) is 49.1 Å². The van der Waals surface area contributed by atoms with Crippen molar-refractivity contribution in [1.29, 1.82) is 0 Å².